The second-order valence-electron chi connectivity index (χ2n) is 6.53. The number of thioether (sulfide) groups is 1. The zero-order valence-corrected chi connectivity index (χ0v) is 18.0. The van der Waals surface area contributed by atoms with Gasteiger partial charge >= 0.3 is 0 Å². The molecule has 0 radical (unpaired) electrons. The lowest BCUT2D eigenvalue weighted by Crippen LogP contribution is -2.31. The van der Waals surface area contributed by atoms with E-state index in [4.69, 9.17) is 4.42 Å². The maximum Gasteiger partial charge on any atom is 0.296 e. The molecule has 0 saturated heterocycles. The van der Waals surface area contributed by atoms with Gasteiger partial charge in [0, 0.05) is 0 Å². The van der Waals surface area contributed by atoms with E-state index in [9.17, 15) is 14.7 Å². The summed E-state index contributed by atoms with van der Waals surface area (Å²) < 4.78 is 5.95. The summed E-state index contributed by atoms with van der Waals surface area (Å²) in [6.45, 7) is 4.05. The maximum absolute atomic E-state index is 13.1. The molecule has 4 rings (SSSR count). The Kier molecular flexibility index (Phi) is 5.74. The van der Waals surface area contributed by atoms with Crippen LogP contribution in [0.25, 0.3) is 0 Å². The van der Waals surface area contributed by atoms with Gasteiger partial charge in [0.25, 0.3) is 5.91 Å². The van der Waals surface area contributed by atoms with Gasteiger partial charge in [-0.2, -0.15) is 0 Å². The van der Waals surface area contributed by atoms with Crippen LogP contribution in [0.5, 0.6) is 0 Å². The molecule has 3 heterocycles. The maximum atomic E-state index is 13.1. The average molecular weight is 442 g/mol. The van der Waals surface area contributed by atoms with Crippen molar-refractivity contribution >= 4 is 39.9 Å². The largest absolute Gasteiger partial charge is 0.503 e. The molecule has 1 atom stereocenters. The fourth-order valence-corrected chi connectivity index (χ4v) is 5.07. The highest BCUT2D eigenvalue weighted by molar-refractivity contribution is 8.01. The molecule has 0 spiro atoms. The number of rotatable bonds is 7. The van der Waals surface area contributed by atoms with Gasteiger partial charge < -0.3 is 9.52 Å². The summed E-state index contributed by atoms with van der Waals surface area (Å²) in [5, 5.41) is 19.3. The third-order valence-electron chi connectivity index (χ3n) is 4.77. The molecule has 0 unspecified atom stereocenters. The summed E-state index contributed by atoms with van der Waals surface area (Å²) in [7, 11) is 0. The average Bonchev–Trinajstić information content (AvgIpc) is 3.49. The van der Waals surface area contributed by atoms with Crippen LogP contribution in [0.15, 0.2) is 62.8 Å². The minimum atomic E-state index is -0.826. The Morgan fingerprint density at radius 3 is 2.63 bits per heavy atom. The number of aliphatic hydroxyl groups is 1. The van der Waals surface area contributed by atoms with Crippen molar-refractivity contribution in [3.8, 4) is 0 Å². The number of Topliss-reactive ketones (excluding diaryl/α,β-unsaturated/α-hetero) is 1. The molecule has 2 aromatic heterocycles. The Morgan fingerprint density at radius 2 is 2.00 bits per heavy atom. The van der Waals surface area contributed by atoms with Gasteiger partial charge in [0.2, 0.25) is 10.9 Å². The Labute approximate surface area is 181 Å². The summed E-state index contributed by atoms with van der Waals surface area (Å²) in [6, 6.07) is 9.88. The molecule has 7 nitrogen and oxygen atoms in total. The number of carbonyl (C=O) groups is 2. The molecule has 0 bridgehead atoms. The number of amides is 1. The van der Waals surface area contributed by atoms with Gasteiger partial charge in [0.15, 0.2) is 15.9 Å². The van der Waals surface area contributed by atoms with Crippen molar-refractivity contribution in [2.45, 2.75) is 30.6 Å². The lowest BCUT2D eigenvalue weighted by Gasteiger charge is -2.24. The number of hydrogen-bond donors (Lipinski definition) is 1. The topological polar surface area (TPSA) is 96.5 Å². The summed E-state index contributed by atoms with van der Waals surface area (Å²) in [4.78, 5) is 27.5. The van der Waals surface area contributed by atoms with Crippen molar-refractivity contribution in [3.63, 3.8) is 0 Å². The zero-order chi connectivity index (χ0) is 21.3. The number of furan rings is 1. The molecule has 1 amide bonds. The first-order valence-corrected chi connectivity index (χ1v) is 11.2. The number of benzene rings is 1. The van der Waals surface area contributed by atoms with Gasteiger partial charge in [0.05, 0.1) is 17.9 Å². The van der Waals surface area contributed by atoms with Crippen LogP contribution < -0.4 is 4.90 Å². The number of carbonyl (C=O) groups excluding carboxylic acids is 2. The molecule has 1 N–H and O–H groups in total. The second kappa shape index (κ2) is 8.45. The lowest BCUT2D eigenvalue weighted by molar-refractivity contribution is -0.117. The SMILES string of the molecule is CCSc1nnc(N2C(=O)C(O)=C(C(=O)c3ccco3)[C@H]2c2ccc(CC)cc2)s1. The van der Waals surface area contributed by atoms with E-state index in [0.717, 1.165) is 17.7 Å². The van der Waals surface area contributed by atoms with Crippen LogP contribution in [0, 0.1) is 0 Å². The van der Waals surface area contributed by atoms with Crippen LogP contribution >= 0.6 is 23.1 Å². The Morgan fingerprint density at radius 1 is 1.23 bits per heavy atom. The molecule has 1 aliphatic rings. The number of aliphatic hydroxyl groups excluding tert-OH is 1. The highest BCUT2D eigenvalue weighted by Gasteiger charge is 2.46. The first kappa shape index (κ1) is 20.4. The molecular formula is C21H19N3O4S2. The highest BCUT2D eigenvalue weighted by atomic mass is 32.2. The highest BCUT2D eigenvalue weighted by Crippen LogP contribution is 2.43. The summed E-state index contributed by atoms with van der Waals surface area (Å²) in [5.41, 5.74) is 1.79. The van der Waals surface area contributed by atoms with E-state index >= 15 is 0 Å². The van der Waals surface area contributed by atoms with Crippen molar-refractivity contribution in [3.05, 3.63) is 70.9 Å². The number of aryl methyl sites for hydroxylation is 1. The summed E-state index contributed by atoms with van der Waals surface area (Å²) >= 11 is 2.76. The normalized spacial score (nSPS) is 16.5. The molecule has 0 aliphatic carbocycles. The molecule has 0 fully saturated rings. The van der Waals surface area contributed by atoms with Crippen molar-refractivity contribution in [2.24, 2.45) is 0 Å². The number of nitrogens with zero attached hydrogens (tertiary/aromatic N) is 3. The van der Waals surface area contributed by atoms with Crippen LogP contribution in [0.2, 0.25) is 0 Å². The van der Waals surface area contributed by atoms with Crippen LogP contribution in [-0.4, -0.2) is 32.7 Å². The molecule has 1 aliphatic heterocycles. The lowest BCUT2D eigenvalue weighted by atomic mass is 9.94. The Hall–Kier alpha value is -2.91. The van der Waals surface area contributed by atoms with E-state index in [-0.39, 0.29) is 11.3 Å². The smallest absolute Gasteiger partial charge is 0.296 e. The third-order valence-corrected chi connectivity index (χ3v) is 6.71. The van der Waals surface area contributed by atoms with E-state index in [2.05, 4.69) is 10.2 Å². The first-order valence-electron chi connectivity index (χ1n) is 9.45. The summed E-state index contributed by atoms with van der Waals surface area (Å²) in [5.74, 6) is -0.943. The number of hydrogen-bond acceptors (Lipinski definition) is 8. The molecular weight excluding hydrogens is 422 g/mol. The van der Waals surface area contributed by atoms with Crippen LogP contribution in [-0.2, 0) is 11.2 Å². The van der Waals surface area contributed by atoms with Crippen LogP contribution in [0.1, 0.15) is 41.6 Å². The molecule has 30 heavy (non-hydrogen) atoms. The molecule has 9 heteroatoms. The van der Waals surface area contributed by atoms with Gasteiger partial charge in [0.1, 0.15) is 0 Å². The van der Waals surface area contributed by atoms with Crippen molar-refractivity contribution in [1.82, 2.24) is 10.2 Å². The standard InChI is InChI=1S/C21H19N3O4S2/c1-3-12-7-9-13(10-8-12)16-15(17(25)14-6-5-11-28-14)18(26)19(27)24(16)20-22-23-21(30-20)29-4-2/h5-11,16,26H,3-4H2,1-2H3/t16-/m1/s1. The van der Waals surface area contributed by atoms with Crippen molar-refractivity contribution < 1.29 is 19.1 Å². The van der Waals surface area contributed by atoms with Gasteiger partial charge in [-0.25, -0.2) is 0 Å². The van der Waals surface area contributed by atoms with Gasteiger partial charge in [-0.15, -0.1) is 10.2 Å². The zero-order valence-electron chi connectivity index (χ0n) is 16.4. The fraction of sp³-hybridized carbons (Fsp3) is 0.238. The van der Waals surface area contributed by atoms with E-state index in [1.807, 2.05) is 38.1 Å². The summed E-state index contributed by atoms with van der Waals surface area (Å²) in [6.07, 6.45) is 2.24. The van der Waals surface area contributed by atoms with Crippen molar-refractivity contribution in [2.75, 3.05) is 10.7 Å². The van der Waals surface area contributed by atoms with Gasteiger partial charge in [-0.3, -0.25) is 14.5 Å². The van der Waals surface area contributed by atoms with Crippen LogP contribution in [0.4, 0.5) is 5.13 Å². The Bertz CT molecular complexity index is 1100. The van der Waals surface area contributed by atoms with Crippen LogP contribution in [0.3, 0.4) is 0 Å². The van der Waals surface area contributed by atoms with Gasteiger partial charge in [-0.1, -0.05) is 61.2 Å². The number of ketones is 1. The first-order chi connectivity index (χ1) is 14.5. The predicted octanol–water partition coefficient (Wildman–Crippen LogP) is 4.59. The van der Waals surface area contributed by atoms with E-state index in [1.165, 1.54) is 40.3 Å². The molecule has 0 saturated carbocycles. The minimum absolute atomic E-state index is 0.0286. The second-order valence-corrected chi connectivity index (χ2v) is 8.99. The third kappa shape index (κ3) is 3.54. The van der Waals surface area contributed by atoms with E-state index < -0.39 is 23.5 Å². The minimum Gasteiger partial charge on any atom is -0.503 e. The number of aromatic nitrogens is 2. The fourth-order valence-electron chi connectivity index (χ4n) is 3.31. The van der Waals surface area contributed by atoms with E-state index in [1.54, 1.807) is 6.07 Å². The Balaban J connectivity index is 1.82. The predicted molar refractivity (Wildman–Crippen MR) is 115 cm³/mol. The quantitative estimate of drug-likeness (QED) is 0.325. The van der Waals surface area contributed by atoms with Crippen molar-refractivity contribution in [1.29, 1.82) is 0 Å². The van der Waals surface area contributed by atoms with Gasteiger partial charge in [-0.05, 0) is 35.4 Å². The number of anilines is 1. The van der Waals surface area contributed by atoms with E-state index in [0.29, 0.717) is 15.0 Å². The molecule has 3 aromatic rings. The monoisotopic (exact) mass is 441 g/mol. The molecule has 154 valence electrons. The molecule has 1 aromatic carbocycles.